The molecule has 2 aromatic heterocycles. The molecule has 94 valence electrons. The monoisotopic (exact) mass is 282 g/mol. The summed E-state index contributed by atoms with van der Waals surface area (Å²) in [7, 11) is 0. The van der Waals surface area contributed by atoms with E-state index in [9.17, 15) is 9.59 Å². The molecule has 0 spiro atoms. The lowest BCUT2D eigenvalue weighted by Crippen LogP contribution is -2.21. The summed E-state index contributed by atoms with van der Waals surface area (Å²) in [4.78, 5) is 28.2. The van der Waals surface area contributed by atoms with Crippen molar-refractivity contribution in [2.45, 2.75) is 13.5 Å². The molecule has 18 heavy (non-hydrogen) atoms. The van der Waals surface area contributed by atoms with Crippen LogP contribution in [0.15, 0.2) is 18.3 Å². The van der Waals surface area contributed by atoms with Gasteiger partial charge in [-0.15, -0.1) is 22.7 Å². The van der Waals surface area contributed by atoms with Gasteiger partial charge in [-0.2, -0.15) is 0 Å². The number of hydrogen-bond acceptors (Lipinski definition) is 5. The second kappa shape index (κ2) is 5.28. The summed E-state index contributed by atoms with van der Waals surface area (Å²) in [5.41, 5.74) is 0. The number of carbonyl (C=O) groups is 2. The van der Waals surface area contributed by atoms with Crippen LogP contribution in [-0.2, 0) is 6.54 Å². The molecule has 0 bridgehead atoms. The van der Waals surface area contributed by atoms with Crippen molar-refractivity contribution in [2.24, 2.45) is 0 Å². The number of carboxylic acids is 1. The van der Waals surface area contributed by atoms with Crippen molar-refractivity contribution < 1.29 is 14.7 Å². The van der Waals surface area contributed by atoms with Crippen molar-refractivity contribution in [2.75, 3.05) is 0 Å². The third-order valence-electron chi connectivity index (χ3n) is 2.11. The van der Waals surface area contributed by atoms with E-state index in [1.165, 1.54) is 23.5 Å². The van der Waals surface area contributed by atoms with Crippen LogP contribution in [-0.4, -0.2) is 22.0 Å². The van der Waals surface area contributed by atoms with Crippen LogP contribution in [0, 0.1) is 6.92 Å². The molecule has 0 aliphatic rings. The number of carboxylic acid groups (broad SMARTS) is 1. The molecule has 5 nitrogen and oxygen atoms in total. The minimum Gasteiger partial charge on any atom is -0.477 e. The number of aromatic nitrogens is 1. The molecule has 0 radical (unpaired) electrons. The Balaban J connectivity index is 1.97. The Labute approximate surface area is 111 Å². The summed E-state index contributed by atoms with van der Waals surface area (Å²) in [5, 5.41) is 12.3. The van der Waals surface area contributed by atoms with Crippen molar-refractivity contribution in [3.63, 3.8) is 0 Å². The third-order valence-corrected chi connectivity index (χ3v) is 4.09. The molecule has 0 fully saturated rings. The van der Waals surface area contributed by atoms with Gasteiger partial charge in [0, 0.05) is 11.1 Å². The zero-order valence-corrected chi connectivity index (χ0v) is 11.1. The number of amides is 1. The number of aryl methyl sites for hydroxylation is 1. The van der Waals surface area contributed by atoms with Crippen molar-refractivity contribution in [3.8, 4) is 0 Å². The first-order valence-corrected chi connectivity index (χ1v) is 6.72. The Hall–Kier alpha value is -1.73. The molecule has 1 amide bonds. The third kappa shape index (κ3) is 2.93. The summed E-state index contributed by atoms with van der Waals surface area (Å²) in [5.74, 6) is -1.30. The van der Waals surface area contributed by atoms with E-state index in [-0.39, 0.29) is 10.8 Å². The molecule has 0 saturated carbocycles. The second-order valence-electron chi connectivity index (χ2n) is 3.52. The summed E-state index contributed by atoms with van der Waals surface area (Å²) < 4.78 is 0. The SMILES string of the molecule is Cc1cnc(CNC(=O)c2ccc(C(=O)O)s2)s1. The summed E-state index contributed by atoms with van der Waals surface area (Å²) in [6.45, 7) is 2.30. The molecule has 2 heterocycles. The average Bonchev–Trinajstić information content (AvgIpc) is 2.94. The zero-order chi connectivity index (χ0) is 13.1. The highest BCUT2D eigenvalue weighted by molar-refractivity contribution is 7.15. The van der Waals surface area contributed by atoms with Crippen molar-refractivity contribution in [1.29, 1.82) is 0 Å². The topological polar surface area (TPSA) is 79.3 Å². The standard InChI is InChI=1S/C11H10N2O3S2/c1-6-4-12-9(17-6)5-13-10(14)7-2-3-8(18-7)11(15)16/h2-4H,5H2,1H3,(H,13,14)(H,15,16). The van der Waals surface area contributed by atoms with Gasteiger partial charge < -0.3 is 10.4 Å². The molecule has 2 aromatic rings. The van der Waals surface area contributed by atoms with Crippen molar-refractivity contribution in [1.82, 2.24) is 10.3 Å². The van der Waals surface area contributed by atoms with Gasteiger partial charge in [0.1, 0.15) is 9.88 Å². The first-order valence-electron chi connectivity index (χ1n) is 5.09. The lowest BCUT2D eigenvalue weighted by molar-refractivity contribution is 0.0702. The number of nitrogens with zero attached hydrogens (tertiary/aromatic N) is 1. The van der Waals surface area contributed by atoms with E-state index in [0.29, 0.717) is 11.4 Å². The highest BCUT2D eigenvalue weighted by atomic mass is 32.1. The van der Waals surface area contributed by atoms with Crippen LogP contribution in [0.4, 0.5) is 0 Å². The summed E-state index contributed by atoms with van der Waals surface area (Å²) >= 11 is 2.48. The van der Waals surface area contributed by atoms with E-state index in [2.05, 4.69) is 10.3 Å². The molecule has 0 saturated heterocycles. The van der Waals surface area contributed by atoms with Crippen molar-refractivity contribution >= 4 is 34.6 Å². The van der Waals surface area contributed by atoms with Crippen LogP contribution in [0.2, 0.25) is 0 Å². The number of nitrogens with one attached hydrogen (secondary N) is 1. The van der Waals surface area contributed by atoms with Gasteiger partial charge in [-0.25, -0.2) is 9.78 Å². The molecular formula is C11H10N2O3S2. The maximum Gasteiger partial charge on any atom is 0.345 e. The normalized spacial score (nSPS) is 10.3. The van der Waals surface area contributed by atoms with Crippen LogP contribution in [0.5, 0.6) is 0 Å². The minimum absolute atomic E-state index is 0.158. The van der Waals surface area contributed by atoms with Gasteiger partial charge >= 0.3 is 5.97 Å². The zero-order valence-electron chi connectivity index (χ0n) is 9.47. The fourth-order valence-electron chi connectivity index (χ4n) is 1.30. The van der Waals surface area contributed by atoms with Crippen molar-refractivity contribution in [3.05, 3.63) is 38.0 Å². The van der Waals surface area contributed by atoms with E-state index in [0.717, 1.165) is 21.2 Å². The van der Waals surface area contributed by atoms with Crippen LogP contribution in [0.1, 0.15) is 29.2 Å². The molecule has 2 rings (SSSR count). The molecule has 2 N–H and O–H groups in total. The molecule has 0 unspecified atom stereocenters. The molecule has 0 aromatic carbocycles. The average molecular weight is 282 g/mol. The molecule has 0 aliphatic heterocycles. The van der Waals surface area contributed by atoms with Crippen LogP contribution in [0.3, 0.4) is 0 Å². The Bertz CT molecular complexity index is 589. The highest BCUT2D eigenvalue weighted by Crippen LogP contribution is 2.17. The first-order chi connectivity index (χ1) is 8.56. The van der Waals surface area contributed by atoms with E-state index >= 15 is 0 Å². The Morgan fingerprint density at radius 1 is 1.33 bits per heavy atom. The minimum atomic E-state index is -1.02. The first kappa shape index (κ1) is 12.7. The Morgan fingerprint density at radius 2 is 2.06 bits per heavy atom. The maximum atomic E-state index is 11.7. The molecule has 7 heteroatoms. The number of hydrogen-bond donors (Lipinski definition) is 2. The van der Waals surface area contributed by atoms with Crippen LogP contribution < -0.4 is 5.32 Å². The van der Waals surface area contributed by atoms with Gasteiger partial charge in [-0.3, -0.25) is 4.79 Å². The highest BCUT2D eigenvalue weighted by Gasteiger charge is 2.12. The lowest BCUT2D eigenvalue weighted by Gasteiger charge is -1.99. The number of thiophene rings is 1. The number of rotatable bonds is 4. The largest absolute Gasteiger partial charge is 0.477 e. The van der Waals surface area contributed by atoms with Gasteiger partial charge in [0.25, 0.3) is 5.91 Å². The van der Waals surface area contributed by atoms with Gasteiger partial charge in [0.05, 0.1) is 11.4 Å². The summed E-state index contributed by atoms with van der Waals surface area (Å²) in [6.07, 6.45) is 1.75. The number of carbonyl (C=O) groups excluding carboxylic acids is 1. The number of aromatic carboxylic acids is 1. The quantitative estimate of drug-likeness (QED) is 0.900. The molecule has 0 atom stereocenters. The predicted octanol–water partition coefficient (Wildman–Crippen LogP) is 2.14. The van der Waals surface area contributed by atoms with E-state index in [1.807, 2.05) is 6.92 Å². The fraction of sp³-hybridized carbons (Fsp3) is 0.182. The Morgan fingerprint density at radius 3 is 2.61 bits per heavy atom. The van der Waals surface area contributed by atoms with Gasteiger partial charge in [0.15, 0.2) is 0 Å². The summed E-state index contributed by atoms with van der Waals surface area (Å²) in [6, 6.07) is 2.94. The van der Waals surface area contributed by atoms with E-state index < -0.39 is 5.97 Å². The Kier molecular flexibility index (Phi) is 3.73. The second-order valence-corrected chi connectivity index (χ2v) is 5.92. The predicted molar refractivity (Wildman–Crippen MR) is 69.3 cm³/mol. The van der Waals surface area contributed by atoms with E-state index in [1.54, 1.807) is 6.20 Å². The molecule has 0 aliphatic carbocycles. The number of thiazole rings is 1. The lowest BCUT2D eigenvalue weighted by atomic mass is 10.4. The smallest absolute Gasteiger partial charge is 0.345 e. The van der Waals surface area contributed by atoms with E-state index in [4.69, 9.17) is 5.11 Å². The maximum absolute atomic E-state index is 11.7. The molecular weight excluding hydrogens is 272 g/mol. The van der Waals surface area contributed by atoms with Gasteiger partial charge in [0.2, 0.25) is 0 Å². The van der Waals surface area contributed by atoms with Gasteiger partial charge in [-0.1, -0.05) is 0 Å². The van der Waals surface area contributed by atoms with Gasteiger partial charge in [-0.05, 0) is 19.1 Å². The van der Waals surface area contributed by atoms with Crippen LogP contribution >= 0.6 is 22.7 Å². The van der Waals surface area contributed by atoms with Crippen LogP contribution in [0.25, 0.3) is 0 Å². The fourth-order valence-corrected chi connectivity index (χ4v) is 2.79.